The standard InChI is InChI=1S/C22H29N3O/c1-17(23-16-20-10-6-4-7-11-20)14-22-15-18(2)24(19(3)26)25(22)21-12-8-5-9-13-21/h4-13,17-18,22-23H,14-16H2,1-3H3. The lowest BCUT2D eigenvalue weighted by Crippen LogP contribution is -2.47. The second-order valence-electron chi connectivity index (χ2n) is 7.29. The fraction of sp³-hybridized carbons (Fsp3) is 0.409. The van der Waals surface area contributed by atoms with Crippen LogP contribution in [0.25, 0.3) is 0 Å². The van der Waals surface area contributed by atoms with Crippen LogP contribution >= 0.6 is 0 Å². The number of rotatable bonds is 6. The maximum absolute atomic E-state index is 12.3. The molecule has 1 heterocycles. The molecular weight excluding hydrogens is 322 g/mol. The van der Waals surface area contributed by atoms with Crippen LogP contribution < -0.4 is 10.3 Å². The molecule has 138 valence electrons. The number of nitrogens with zero attached hydrogens (tertiary/aromatic N) is 2. The molecule has 1 aliphatic heterocycles. The summed E-state index contributed by atoms with van der Waals surface area (Å²) in [5.74, 6) is 0.105. The predicted octanol–water partition coefficient (Wildman–Crippen LogP) is 3.99. The number of carbonyl (C=O) groups is 1. The lowest BCUT2D eigenvalue weighted by Gasteiger charge is -2.36. The zero-order valence-corrected chi connectivity index (χ0v) is 15.9. The van der Waals surface area contributed by atoms with Crippen molar-refractivity contribution in [1.29, 1.82) is 0 Å². The fourth-order valence-electron chi connectivity index (χ4n) is 3.94. The fourth-order valence-corrected chi connectivity index (χ4v) is 3.94. The first-order valence-electron chi connectivity index (χ1n) is 9.47. The Morgan fingerprint density at radius 2 is 1.73 bits per heavy atom. The van der Waals surface area contributed by atoms with E-state index in [1.807, 2.05) is 29.3 Å². The summed E-state index contributed by atoms with van der Waals surface area (Å²) in [6.45, 7) is 6.89. The van der Waals surface area contributed by atoms with Crippen LogP contribution in [-0.4, -0.2) is 29.0 Å². The maximum Gasteiger partial charge on any atom is 0.238 e. The Hall–Kier alpha value is -2.33. The molecular formula is C22H29N3O. The quantitative estimate of drug-likeness (QED) is 0.855. The lowest BCUT2D eigenvalue weighted by molar-refractivity contribution is -0.130. The molecule has 1 aliphatic rings. The van der Waals surface area contributed by atoms with Gasteiger partial charge in [-0.15, -0.1) is 0 Å². The molecule has 0 aliphatic carbocycles. The molecule has 3 atom stereocenters. The highest BCUT2D eigenvalue weighted by Gasteiger charge is 2.39. The minimum atomic E-state index is 0.105. The molecule has 2 aromatic carbocycles. The Labute approximate surface area is 156 Å². The molecule has 3 rings (SSSR count). The lowest BCUT2D eigenvalue weighted by atomic mass is 10.0. The topological polar surface area (TPSA) is 35.6 Å². The normalized spacial score (nSPS) is 21.0. The van der Waals surface area contributed by atoms with E-state index in [1.54, 1.807) is 6.92 Å². The van der Waals surface area contributed by atoms with Gasteiger partial charge in [0, 0.05) is 19.5 Å². The van der Waals surface area contributed by atoms with Gasteiger partial charge in [-0.3, -0.25) is 14.8 Å². The largest absolute Gasteiger partial charge is 0.310 e. The minimum Gasteiger partial charge on any atom is -0.310 e. The molecule has 2 aromatic rings. The third kappa shape index (κ3) is 4.25. The van der Waals surface area contributed by atoms with Crippen molar-refractivity contribution < 1.29 is 4.79 Å². The predicted molar refractivity (Wildman–Crippen MR) is 107 cm³/mol. The van der Waals surface area contributed by atoms with E-state index in [-0.39, 0.29) is 11.9 Å². The molecule has 3 unspecified atom stereocenters. The molecule has 1 amide bonds. The summed E-state index contributed by atoms with van der Waals surface area (Å²) in [6.07, 6.45) is 1.99. The van der Waals surface area contributed by atoms with Crippen LogP contribution in [0, 0.1) is 0 Å². The minimum absolute atomic E-state index is 0.105. The summed E-state index contributed by atoms with van der Waals surface area (Å²) < 4.78 is 0. The van der Waals surface area contributed by atoms with Gasteiger partial charge >= 0.3 is 0 Å². The summed E-state index contributed by atoms with van der Waals surface area (Å²) >= 11 is 0. The van der Waals surface area contributed by atoms with E-state index in [0.717, 1.165) is 25.1 Å². The molecule has 4 heteroatoms. The maximum atomic E-state index is 12.3. The van der Waals surface area contributed by atoms with Crippen LogP contribution in [0.15, 0.2) is 60.7 Å². The number of nitrogens with one attached hydrogen (secondary N) is 1. The number of para-hydroxylation sites is 1. The van der Waals surface area contributed by atoms with Crippen LogP contribution in [-0.2, 0) is 11.3 Å². The summed E-state index contributed by atoms with van der Waals surface area (Å²) in [5.41, 5.74) is 2.39. The van der Waals surface area contributed by atoms with Gasteiger partial charge in [0.05, 0.1) is 17.8 Å². The van der Waals surface area contributed by atoms with Crippen LogP contribution in [0.5, 0.6) is 0 Å². The van der Waals surface area contributed by atoms with E-state index in [4.69, 9.17) is 0 Å². The van der Waals surface area contributed by atoms with Gasteiger partial charge in [-0.05, 0) is 44.4 Å². The van der Waals surface area contributed by atoms with Gasteiger partial charge in [-0.2, -0.15) is 0 Å². The highest BCUT2D eigenvalue weighted by atomic mass is 16.2. The number of hydrazine groups is 1. The first kappa shape index (κ1) is 18.5. The van der Waals surface area contributed by atoms with Gasteiger partial charge in [0.1, 0.15) is 0 Å². The van der Waals surface area contributed by atoms with E-state index < -0.39 is 0 Å². The van der Waals surface area contributed by atoms with Gasteiger partial charge in [0.25, 0.3) is 0 Å². The van der Waals surface area contributed by atoms with E-state index in [1.165, 1.54) is 5.56 Å². The summed E-state index contributed by atoms with van der Waals surface area (Å²) in [4.78, 5) is 12.3. The third-order valence-corrected chi connectivity index (χ3v) is 5.08. The monoisotopic (exact) mass is 351 g/mol. The Morgan fingerprint density at radius 1 is 1.12 bits per heavy atom. The van der Waals surface area contributed by atoms with Crippen molar-refractivity contribution in [3.8, 4) is 0 Å². The van der Waals surface area contributed by atoms with E-state index in [2.05, 4.69) is 60.6 Å². The van der Waals surface area contributed by atoms with E-state index in [0.29, 0.717) is 12.1 Å². The highest BCUT2D eigenvalue weighted by molar-refractivity contribution is 5.76. The zero-order chi connectivity index (χ0) is 18.5. The second-order valence-corrected chi connectivity index (χ2v) is 7.29. The smallest absolute Gasteiger partial charge is 0.238 e. The molecule has 0 spiro atoms. The van der Waals surface area contributed by atoms with Gasteiger partial charge < -0.3 is 5.32 Å². The van der Waals surface area contributed by atoms with Crippen molar-refractivity contribution >= 4 is 11.6 Å². The van der Waals surface area contributed by atoms with Gasteiger partial charge in [-0.25, -0.2) is 0 Å². The number of anilines is 1. The summed E-state index contributed by atoms with van der Waals surface area (Å²) in [7, 11) is 0. The third-order valence-electron chi connectivity index (χ3n) is 5.08. The summed E-state index contributed by atoms with van der Waals surface area (Å²) in [6, 6.07) is 21.6. The number of carbonyl (C=O) groups excluding carboxylic acids is 1. The molecule has 0 aromatic heterocycles. The number of benzene rings is 2. The van der Waals surface area contributed by atoms with Crippen molar-refractivity contribution in [2.45, 2.75) is 58.3 Å². The van der Waals surface area contributed by atoms with Gasteiger partial charge in [0.2, 0.25) is 5.91 Å². The first-order chi connectivity index (χ1) is 12.6. The number of hydrogen-bond donors (Lipinski definition) is 1. The molecule has 0 radical (unpaired) electrons. The van der Waals surface area contributed by atoms with Gasteiger partial charge in [0.15, 0.2) is 0 Å². The van der Waals surface area contributed by atoms with Crippen LogP contribution in [0.3, 0.4) is 0 Å². The number of hydrogen-bond acceptors (Lipinski definition) is 3. The molecule has 0 saturated carbocycles. The van der Waals surface area contributed by atoms with Crippen molar-refractivity contribution in [3.63, 3.8) is 0 Å². The molecule has 1 fully saturated rings. The van der Waals surface area contributed by atoms with Crippen molar-refractivity contribution in [3.05, 3.63) is 66.2 Å². The second kappa shape index (κ2) is 8.37. The average Bonchev–Trinajstić information content (AvgIpc) is 2.97. The Bertz CT molecular complexity index is 704. The Kier molecular flexibility index (Phi) is 5.94. The first-order valence-corrected chi connectivity index (χ1v) is 9.47. The van der Waals surface area contributed by atoms with Crippen LogP contribution in [0.4, 0.5) is 5.69 Å². The van der Waals surface area contributed by atoms with Crippen molar-refractivity contribution in [2.24, 2.45) is 0 Å². The van der Waals surface area contributed by atoms with Gasteiger partial charge in [-0.1, -0.05) is 48.5 Å². The Morgan fingerprint density at radius 3 is 2.35 bits per heavy atom. The Balaban J connectivity index is 1.69. The van der Waals surface area contributed by atoms with Crippen LogP contribution in [0.2, 0.25) is 0 Å². The zero-order valence-electron chi connectivity index (χ0n) is 15.9. The average molecular weight is 351 g/mol. The molecule has 1 N–H and O–H groups in total. The summed E-state index contributed by atoms with van der Waals surface area (Å²) in [5, 5.41) is 7.75. The SMILES string of the molecule is CC(=O)N1C(C)CC(CC(C)NCc2ccccc2)N1c1ccccc1. The molecule has 26 heavy (non-hydrogen) atoms. The molecule has 1 saturated heterocycles. The highest BCUT2D eigenvalue weighted by Crippen LogP contribution is 2.33. The van der Waals surface area contributed by atoms with Crippen LogP contribution in [0.1, 0.15) is 39.2 Å². The van der Waals surface area contributed by atoms with E-state index >= 15 is 0 Å². The van der Waals surface area contributed by atoms with Crippen molar-refractivity contribution in [2.75, 3.05) is 5.01 Å². The molecule has 0 bridgehead atoms. The van der Waals surface area contributed by atoms with Crippen molar-refractivity contribution in [1.82, 2.24) is 10.3 Å². The molecule has 4 nitrogen and oxygen atoms in total. The number of amides is 1. The van der Waals surface area contributed by atoms with E-state index in [9.17, 15) is 4.79 Å².